The molecule has 0 fully saturated rings. The number of nitrogens with zero attached hydrogens (tertiary/aromatic N) is 2. The minimum atomic E-state index is -4.70. The highest BCUT2D eigenvalue weighted by Crippen LogP contribution is 2.43. The van der Waals surface area contributed by atoms with Gasteiger partial charge in [-0.2, -0.15) is 13.2 Å². The summed E-state index contributed by atoms with van der Waals surface area (Å²) >= 11 is 6.20. The van der Waals surface area contributed by atoms with Crippen LogP contribution >= 0.6 is 11.6 Å². The van der Waals surface area contributed by atoms with Crippen LogP contribution in [0, 0.1) is 36.3 Å². The molecule has 4 aromatic carbocycles. The first kappa shape index (κ1) is 43.5. The molecular formula is C45H52ClF5N4O2. The Bertz CT molecular complexity index is 2110. The Hall–Kier alpha value is -4.64. The fourth-order valence-corrected chi connectivity index (χ4v) is 7.53. The number of fused-ring (bicyclic) bond motifs is 2. The van der Waals surface area contributed by atoms with E-state index in [-0.39, 0.29) is 52.0 Å². The van der Waals surface area contributed by atoms with E-state index in [1.807, 2.05) is 40.7 Å². The predicted octanol–water partition coefficient (Wildman–Crippen LogP) is 11.8. The number of benzene rings is 4. The summed E-state index contributed by atoms with van der Waals surface area (Å²) in [6, 6.07) is 16.2. The van der Waals surface area contributed by atoms with Gasteiger partial charge in [0.25, 0.3) is 0 Å². The minimum absolute atomic E-state index is 0.0394. The number of carbonyl (C=O) groups excluding carboxylic acids is 2. The first-order chi connectivity index (χ1) is 26.5. The normalized spacial score (nSPS) is 14.3. The fourth-order valence-electron chi connectivity index (χ4n) is 7.27. The van der Waals surface area contributed by atoms with Gasteiger partial charge in [-0.25, -0.2) is 8.78 Å². The van der Waals surface area contributed by atoms with E-state index in [0.717, 1.165) is 58.2 Å². The molecule has 6 nitrogen and oxygen atoms in total. The second-order valence-corrected chi connectivity index (χ2v) is 18.0. The third-order valence-corrected chi connectivity index (χ3v) is 10.2. The zero-order valence-electron chi connectivity index (χ0n) is 33.9. The summed E-state index contributed by atoms with van der Waals surface area (Å²) in [6.07, 6.45) is -2.67. The summed E-state index contributed by atoms with van der Waals surface area (Å²) < 4.78 is 68.5. The zero-order valence-corrected chi connectivity index (χ0v) is 34.7. The van der Waals surface area contributed by atoms with Gasteiger partial charge in [-0.15, -0.1) is 0 Å². The number of carbonyl (C=O) groups is 2. The third-order valence-electron chi connectivity index (χ3n) is 9.90. The second kappa shape index (κ2) is 17.1. The highest BCUT2D eigenvalue weighted by molar-refractivity contribution is 6.34. The molecule has 306 valence electrons. The van der Waals surface area contributed by atoms with Crippen molar-refractivity contribution in [3.8, 4) is 0 Å². The molecule has 0 spiro atoms. The summed E-state index contributed by atoms with van der Waals surface area (Å²) in [5, 5.41) is 5.23. The number of rotatable bonds is 6. The molecule has 2 amide bonds. The van der Waals surface area contributed by atoms with Crippen molar-refractivity contribution in [1.82, 2.24) is 0 Å². The Balaban J connectivity index is 0.000000219. The van der Waals surface area contributed by atoms with E-state index in [9.17, 15) is 31.5 Å². The highest BCUT2D eigenvalue weighted by Gasteiger charge is 2.37. The lowest BCUT2D eigenvalue weighted by Crippen LogP contribution is -2.31. The third kappa shape index (κ3) is 11.7. The van der Waals surface area contributed by atoms with Crippen LogP contribution in [0.1, 0.15) is 93.3 Å². The number of amides is 2. The van der Waals surface area contributed by atoms with E-state index < -0.39 is 23.3 Å². The topological polar surface area (TPSA) is 64.7 Å². The van der Waals surface area contributed by atoms with Crippen LogP contribution in [0.3, 0.4) is 0 Å². The maximum absolute atomic E-state index is 13.8. The largest absolute Gasteiger partial charge is 0.418 e. The molecule has 0 saturated carbocycles. The molecule has 0 atom stereocenters. The van der Waals surface area contributed by atoms with Gasteiger partial charge >= 0.3 is 6.18 Å². The summed E-state index contributed by atoms with van der Waals surface area (Å²) in [5.74, 6) is -1.06. The van der Waals surface area contributed by atoms with Gasteiger partial charge in [0.1, 0.15) is 11.6 Å². The Morgan fingerprint density at radius 2 is 1.05 bits per heavy atom. The smallest absolute Gasteiger partial charge is 0.367 e. The van der Waals surface area contributed by atoms with E-state index in [4.69, 9.17) is 11.6 Å². The van der Waals surface area contributed by atoms with Crippen molar-refractivity contribution in [2.24, 2.45) is 10.8 Å². The SMILES string of the molecule is CC(C)(C)CC(=O)Nc1c(Cl)cc(N2CCc3ccc(F)cc3C2)cc1C(F)(F)F.Cc1cc(N2CCc3ccc(F)cc3C2)cc(C)c1NC(=O)CC(C)(C)C. The van der Waals surface area contributed by atoms with Gasteiger partial charge in [-0.3, -0.25) is 9.59 Å². The van der Waals surface area contributed by atoms with Gasteiger partial charge in [0, 0.05) is 56.1 Å². The summed E-state index contributed by atoms with van der Waals surface area (Å²) in [4.78, 5) is 28.6. The molecule has 0 aromatic heterocycles. The average molecular weight is 811 g/mol. The van der Waals surface area contributed by atoms with Gasteiger partial charge < -0.3 is 20.4 Å². The molecule has 0 bridgehead atoms. The fraction of sp³-hybridized carbons (Fsp3) is 0.422. The molecule has 6 rings (SSSR count). The number of halogens is 6. The lowest BCUT2D eigenvalue weighted by Gasteiger charge is -2.32. The number of hydrogen-bond donors (Lipinski definition) is 2. The van der Waals surface area contributed by atoms with Crippen molar-refractivity contribution in [2.45, 2.75) is 100 Å². The van der Waals surface area contributed by atoms with Gasteiger partial charge in [0.15, 0.2) is 0 Å². The summed E-state index contributed by atoms with van der Waals surface area (Å²) in [7, 11) is 0. The van der Waals surface area contributed by atoms with Gasteiger partial charge in [-0.05, 0) is 119 Å². The molecule has 4 aromatic rings. The first-order valence-corrected chi connectivity index (χ1v) is 19.5. The first-order valence-electron chi connectivity index (χ1n) is 19.1. The van der Waals surface area contributed by atoms with Crippen molar-refractivity contribution in [3.05, 3.63) is 116 Å². The molecule has 2 heterocycles. The molecule has 2 N–H and O–H groups in total. The standard InChI is InChI=1S/C23H29FN2O.C22H23ClF4N2O/c1-15-10-20(11-16(2)22(15)25-21(27)13-23(3,4)5)26-9-8-17-6-7-19(24)12-18(17)14-26;1-21(2,3)11-19(30)28-20-17(22(25,26)27)9-16(10-18(20)23)29-7-6-13-4-5-15(24)8-14(13)12-29/h6-7,10-12H,8-9,13-14H2,1-5H3,(H,25,27);4-5,8-10H,6-7,11-12H2,1-3H3,(H,28,30). The van der Waals surface area contributed by atoms with Crippen LogP contribution in [0.2, 0.25) is 5.02 Å². The molecule has 0 radical (unpaired) electrons. The zero-order chi connectivity index (χ0) is 42.0. The van der Waals surface area contributed by atoms with Crippen molar-refractivity contribution in [2.75, 3.05) is 33.5 Å². The van der Waals surface area contributed by atoms with Crippen LogP contribution in [0.25, 0.3) is 0 Å². The van der Waals surface area contributed by atoms with E-state index in [1.54, 1.807) is 17.0 Å². The molecule has 0 aliphatic carbocycles. The maximum atomic E-state index is 13.8. The van der Waals surface area contributed by atoms with Crippen LogP contribution < -0.4 is 20.4 Å². The van der Waals surface area contributed by atoms with Crippen molar-refractivity contribution >= 4 is 46.2 Å². The van der Waals surface area contributed by atoms with Crippen molar-refractivity contribution in [3.63, 3.8) is 0 Å². The Morgan fingerprint density at radius 1 is 0.632 bits per heavy atom. The van der Waals surface area contributed by atoms with E-state index in [0.29, 0.717) is 25.9 Å². The number of aryl methyl sites for hydroxylation is 2. The van der Waals surface area contributed by atoms with Crippen LogP contribution in [-0.2, 0) is 41.7 Å². The van der Waals surface area contributed by atoms with Gasteiger partial charge in [0.05, 0.1) is 16.3 Å². The number of nitrogens with one attached hydrogen (secondary N) is 2. The Morgan fingerprint density at radius 3 is 1.47 bits per heavy atom. The quantitative estimate of drug-likeness (QED) is 0.190. The highest BCUT2D eigenvalue weighted by atomic mass is 35.5. The second-order valence-electron chi connectivity index (χ2n) is 17.5. The Kier molecular flexibility index (Phi) is 13.0. The van der Waals surface area contributed by atoms with E-state index in [2.05, 4.69) is 48.4 Å². The predicted molar refractivity (Wildman–Crippen MR) is 220 cm³/mol. The number of anilines is 4. The van der Waals surface area contributed by atoms with Gasteiger partial charge in [0.2, 0.25) is 11.8 Å². The van der Waals surface area contributed by atoms with Crippen LogP contribution in [0.5, 0.6) is 0 Å². The summed E-state index contributed by atoms with van der Waals surface area (Å²) in [5.41, 5.74) is 6.52. The number of alkyl halides is 3. The van der Waals surface area contributed by atoms with Crippen molar-refractivity contribution < 1.29 is 31.5 Å². The molecular weight excluding hydrogens is 759 g/mol. The summed E-state index contributed by atoms with van der Waals surface area (Å²) in [6.45, 7) is 18.1. The lowest BCUT2D eigenvalue weighted by molar-refractivity contribution is -0.137. The molecule has 2 aliphatic rings. The Labute approximate surface area is 337 Å². The number of hydrogen-bond acceptors (Lipinski definition) is 4. The van der Waals surface area contributed by atoms with Crippen LogP contribution in [-0.4, -0.2) is 24.9 Å². The van der Waals surface area contributed by atoms with E-state index >= 15 is 0 Å². The average Bonchev–Trinajstić information content (AvgIpc) is 3.08. The van der Waals surface area contributed by atoms with Gasteiger partial charge in [-0.1, -0.05) is 65.3 Å². The van der Waals surface area contributed by atoms with Crippen LogP contribution in [0.15, 0.2) is 60.7 Å². The minimum Gasteiger partial charge on any atom is -0.367 e. The van der Waals surface area contributed by atoms with E-state index in [1.165, 1.54) is 29.8 Å². The maximum Gasteiger partial charge on any atom is 0.418 e. The molecule has 2 aliphatic heterocycles. The lowest BCUT2D eigenvalue weighted by atomic mass is 9.92. The monoisotopic (exact) mass is 810 g/mol. The van der Waals surface area contributed by atoms with Crippen LogP contribution in [0.4, 0.5) is 44.7 Å². The molecule has 12 heteroatoms. The molecule has 57 heavy (non-hydrogen) atoms. The van der Waals surface area contributed by atoms with Crippen molar-refractivity contribution in [1.29, 1.82) is 0 Å². The molecule has 0 unspecified atom stereocenters. The molecule has 0 saturated heterocycles.